The highest BCUT2D eigenvalue weighted by Crippen LogP contribution is 2.11. The molecule has 60 valence electrons. The lowest BCUT2D eigenvalue weighted by molar-refractivity contribution is 0.0989. The van der Waals surface area contributed by atoms with Gasteiger partial charge in [0.2, 0.25) is 0 Å². The van der Waals surface area contributed by atoms with Crippen LogP contribution in [-0.2, 0) is 0 Å². The minimum Gasteiger partial charge on any atom is -0.387 e. The van der Waals surface area contributed by atoms with Crippen molar-refractivity contribution in [2.45, 2.75) is 13.0 Å². The smallest absolute Gasteiger partial charge is 0.267 e. The number of amides is 1. The Hall–Kier alpha value is -1.36. The van der Waals surface area contributed by atoms with E-state index in [4.69, 9.17) is 10.8 Å². The third kappa shape index (κ3) is 1.38. The normalized spacial score (nSPS) is 12.9. The number of hydrogen-bond donors (Lipinski definition) is 3. The van der Waals surface area contributed by atoms with Crippen LogP contribution in [0.15, 0.2) is 6.33 Å². The Morgan fingerprint density at radius 1 is 1.91 bits per heavy atom. The van der Waals surface area contributed by atoms with Crippen molar-refractivity contribution in [3.05, 3.63) is 17.7 Å². The fraction of sp³-hybridized carbons (Fsp3) is 0.333. The number of nitrogens with two attached hydrogens (primary N) is 1. The summed E-state index contributed by atoms with van der Waals surface area (Å²) in [4.78, 5) is 16.9. The molecule has 1 heterocycles. The molecule has 1 aromatic rings. The molecule has 0 saturated heterocycles. The largest absolute Gasteiger partial charge is 0.387 e. The first-order valence-corrected chi connectivity index (χ1v) is 3.14. The molecule has 5 heteroatoms. The van der Waals surface area contributed by atoms with Crippen LogP contribution < -0.4 is 5.73 Å². The third-order valence-corrected chi connectivity index (χ3v) is 1.31. The minimum absolute atomic E-state index is 0.167. The third-order valence-electron chi connectivity index (χ3n) is 1.31. The Kier molecular flexibility index (Phi) is 1.91. The molecule has 1 aromatic heterocycles. The molecule has 0 aliphatic carbocycles. The number of imidazole rings is 1. The van der Waals surface area contributed by atoms with Crippen LogP contribution >= 0.6 is 0 Å². The van der Waals surface area contributed by atoms with Gasteiger partial charge < -0.3 is 15.8 Å². The Bertz CT molecular complexity index is 267. The van der Waals surface area contributed by atoms with Gasteiger partial charge in [0.25, 0.3) is 5.91 Å². The molecule has 0 bridgehead atoms. The van der Waals surface area contributed by atoms with Crippen LogP contribution in [0, 0.1) is 0 Å². The number of H-pyrrole nitrogens is 1. The first-order chi connectivity index (χ1) is 5.13. The molecule has 0 saturated carbocycles. The Labute approximate surface area is 63.3 Å². The number of aromatic nitrogens is 2. The number of carbonyl (C=O) groups is 1. The number of nitrogens with one attached hydrogen (secondary N) is 1. The van der Waals surface area contributed by atoms with Gasteiger partial charge in [-0.25, -0.2) is 4.98 Å². The van der Waals surface area contributed by atoms with Gasteiger partial charge in [-0.1, -0.05) is 0 Å². The number of hydrogen-bond acceptors (Lipinski definition) is 3. The molecule has 1 atom stereocenters. The zero-order valence-corrected chi connectivity index (χ0v) is 6.03. The fourth-order valence-electron chi connectivity index (χ4n) is 0.819. The van der Waals surface area contributed by atoms with E-state index in [9.17, 15) is 4.79 Å². The summed E-state index contributed by atoms with van der Waals surface area (Å²) in [5.74, 6) is -0.613. The van der Waals surface area contributed by atoms with Gasteiger partial charge in [-0.15, -0.1) is 0 Å². The van der Waals surface area contributed by atoms with Crippen LogP contribution in [0.5, 0.6) is 0 Å². The van der Waals surface area contributed by atoms with E-state index < -0.39 is 12.0 Å². The average Bonchev–Trinajstić information content (AvgIpc) is 2.32. The number of nitrogens with zero attached hydrogens (tertiary/aromatic N) is 1. The molecule has 5 nitrogen and oxygen atoms in total. The van der Waals surface area contributed by atoms with Gasteiger partial charge in [-0.2, -0.15) is 0 Å². The number of aliphatic hydroxyl groups excluding tert-OH is 1. The molecule has 1 amide bonds. The maximum Gasteiger partial charge on any atom is 0.267 e. The van der Waals surface area contributed by atoms with E-state index >= 15 is 0 Å². The summed E-state index contributed by atoms with van der Waals surface area (Å²) in [5, 5.41) is 9.05. The van der Waals surface area contributed by atoms with Crippen LogP contribution in [0.1, 0.15) is 29.2 Å². The van der Waals surface area contributed by atoms with Gasteiger partial charge in [-0.3, -0.25) is 4.79 Å². The molecule has 0 fully saturated rings. The van der Waals surface area contributed by atoms with Crippen LogP contribution in [0.25, 0.3) is 0 Å². The van der Waals surface area contributed by atoms with E-state index in [1.807, 2.05) is 0 Å². The SMILES string of the molecule is CC(O)c1nc[nH]c1C(N)=O. The molecule has 11 heavy (non-hydrogen) atoms. The summed E-state index contributed by atoms with van der Waals surface area (Å²) in [6.07, 6.45) is 0.547. The minimum atomic E-state index is -0.774. The Morgan fingerprint density at radius 3 is 2.91 bits per heavy atom. The Morgan fingerprint density at radius 2 is 2.55 bits per heavy atom. The fourth-order valence-corrected chi connectivity index (χ4v) is 0.819. The van der Waals surface area contributed by atoms with Crippen molar-refractivity contribution >= 4 is 5.91 Å². The van der Waals surface area contributed by atoms with Gasteiger partial charge in [0.15, 0.2) is 0 Å². The standard InChI is InChI=1S/C6H9N3O2/c1-3(10)4-5(6(7)11)9-2-8-4/h2-3,10H,1H3,(H2,7,11)(H,8,9). The van der Waals surface area contributed by atoms with Crippen molar-refractivity contribution < 1.29 is 9.90 Å². The first-order valence-electron chi connectivity index (χ1n) is 3.14. The van der Waals surface area contributed by atoms with Crippen molar-refractivity contribution in [2.75, 3.05) is 0 Å². The Balaban J connectivity index is 3.06. The van der Waals surface area contributed by atoms with Crippen LogP contribution in [0.3, 0.4) is 0 Å². The topological polar surface area (TPSA) is 92.0 Å². The summed E-state index contributed by atoms with van der Waals surface area (Å²) >= 11 is 0. The van der Waals surface area contributed by atoms with Crippen molar-refractivity contribution in [1.29, 1.82) is 0 Å². The summed E-state index contributed by atoms with van der Waals surface area (Å²) in [6, 6.07) is 0. The van der Waals surface area contributed by atoms with E-state index in [1.54, 1.807) is 0 Å². The molecule has 1 unspecified atom stereocenters. The van der Waals surface area contributed by atoms with Crippen molar-refractivity contribution in [3.63, 3.8) is 0 Å². The number of aliphatic hydroxyl groups is 1. The van der Waals surface area contributed by atoms with E-state index in [2.05, 4.69) is 9.97 Å². The van der Waals surface area contributed by atoms with Gasteiger partial charge >= 0.3 is 0 Å². The second kappa shape index (κ2) is 2.71. The van der Waals surface area contributed by atoms with Gasteiger partial charge in [-0.05, 0) is 6.92 Å². The average molecular weight is 155 g/mol. The van der Waals surface area contributed by atoms with E-state index in [0.29, 0.717) is 0 Å². The number of aromatic amines is 1. The van der Waals surface area contributed by atoms with Crippen LogP contribution in [0.2, 0.25) is 0 Å². The maximum absolute atomic E-state index is 10.6. The predicted molar refractivity (Wildman–Crippen MR) is 37.7 cm³/mol. The predicted octanol–water partition coefficient (Wildman–Crippen LogP) is -0.438. The molecule has 0 aliphatic heterocycles. The highest BCUT2D eigenvalue weighted by Gasteiger charge is 2.14. The monoisotopic (exact) mass is 155 g/mol. The molecule has 4 N–H and O–H groups in total. The zero-order chi connectivity index (χ0) is 8.43. The molecular weight excluding hydrogens is 146 g/mol. The van der Waals surface area contributed by atoms with Gasteiger partial charge in [0, 0.05) is 0 Å². The lowest BCUT2D eigenvalue weighted by Crippen LogP contribution is -2.14. The lowest BCUT2D eigenvalue weighted by atomic mass is 10.2. The summed E-state index contributed by atoms with van der Waals surface area (Å²) in [7, 11) is 0. The quantitative estimate of drug-likeness (QED) is 0.540. The summed E-state index contributed by atoms with van der Waals surface area (Å²) < 4.78 is 0. The number of primary amides is 1. The second-order valence-electron chi connectivity index (χ2n) is 2.20. The lowest BCUT2D eigenvalue weighted by Gasteiger charge is -2.00. The summed E-state index contributed by atoms with van der Waals surface area (Å²) in [5.41, 5.74) is 5.43. The number of carbonyl (C=O) groups excluding carboxylic acids is 1. The highest BCUT2D eigenvalue weighted by atomic mass is 16.3. The second-order valence-corrected chi connectivity index (χ2v) is 2.20. The highest BCUT2D eigenvalue weighted by molar-refractivity contribution is 5.91. The molecule has 1 rings (SSSR count). The zero-order valence-electron chi connectivity index (χ0n) is 6.03. The van der Waals surface area contributed by atoms with E-state index in [-0.39, 0.29) is 11.4 Å². The van der Waals surface area contributed by atoms with E-state index in [0.717, 1.165) is 0 Å². The molecule has 0 aromatic carbocycles. The molecule has 0 aliphatic rings. The number of rotatable bonds is 2. The maximum atomic E-state index is 10.6. The van der Waals surface area contributed by atoms with Crippen LogP contribution in [0.4, 0.5) is 0 Å². The molecule has 0 radical (unpaired) electrons. The van der Waals surface area contributed by atoms with Crippen molar-refractivity contribution in [3.8, 4) is 0 Å². The van der Waals surface area contributed by atoms with Gasteiger partial charge in [0.1, 0.15) is 5.69 Å². The molecule has 0 spiro atoms. The van der Waals surface area contributed by atoms with E-state index in [1.165, 1.54) is 13.3 Å². The van der Waals surface area contributed by atoms with Crippen molar-refractivity contribution in [2.24, 2.45) is 5.73 Å². The summed E-state index contributed by atoms with van der Waals surface area (Å²) in [6.45, 7) is 1.52. The van der Waals surface area contributed by atoms with Gasteiger partial charge in [0.05, 0.1) is 18.1 Å². The van der Waals surface area contributed by atoms with Crippen LogP contribution in [-0.4, -0.2) is 21.0 Å². The molecular formula is C6H9N3O2. The first kappa shape index (κ1) is 7.74. The van der Waals surface area contributed by atoms with Crippen molar-refractivity contribution in [1.82, 2.24) is 9.97 Å².